The molecule has 7 bridgehead atoms. The Kier molecular flexibility index (Phi) is 4.01. The van der Waals surface area contributed by atoms with Crippen molar-refractivity contribution in [2.75, 3.05) is 34.1 Å². The summed E-state index contributed by atoms with van der Waals surface area (Å²) in [4.78, 5) is 16.3. The maximum absolute atomic E-state index is 13.6. The molecule has 0 amide bonds. The number of carbonyl (C=O) groups is 1. The van der Waals surface area contributed by atoms with Crippen LogP contribution in [0.15, 0.2) is 0 Å². The van der Waals surface area contributed by atoms with E-state index in [1.165, 1.54) is 19.4 Å². The summed E-state index contributed by atoms with van der Waals surface area (Å²) in [6.45, 7) is 7.50. The van der Waals surface area contributed by atoms with Gasteiger partial charge in [-0.05, 0) is 62.3 Å². The van der Waals surface area contributed by atoms with Crippen LogP contribution in [-0.4, -0.2) is 62.5 Å². The molecule has 1 spiro atoms. The molecule has 5 heteroatoms. The van der Waals surface area contributed by atoms with E-state index in [1.54, 1.807) is 7.11 Å². The molecule has 1 saturated heterocycles. The number of likely N-dealkylation sites (tertiary alicyclic amines) is 1. The third-order valence-electron chi connectivity index (χ3n) is 10.8. The van der Waals surface area contributed by atoms with E-state index in [4.69, 9.17) is 14.2 Å². The van der Waals surface area contributed by atoms with Gasteiger partial charge < -0.3 is 14.2 Å². The number of hydrogen-bond donors (Lipinski definition) is 0. The minimum absolute atomic E-state index is 0.0882. The molecule has 5 saturated carbocycles. The zero-order chi connectivity index (χ0) is 20.2. The predicted octanol–water partition coefficient (Wildman–Crippen LogP) is 3.12. The Morgan fingerprint density at radius 1 is 1.14 bits per heavy atom. The smallest absolute Gasteiger partial charge is 0.146 e. The van der Waals surface area contributed by atoms with Gasteiger partial charge in [-0.3, -0.25) is 9.69 Å². The number of ether oxygens (including phenoxy) is 3. The number of rotatable bonds is 5. The Morgan fingerprint density at radius 3 is 2.69 bits per heavy atom. The molecule has 162 valence electrons. The molecule has 0 radical (unpaired) electrons. The lowest BCUT2D eigenvalue weighted by molar-refractivity contribution is -0.270. The van der Waals surface area contributed by atoms with Crippen LogP contribution < -0.4 is 0 Å². The Bertz CT molecular complexity index is 728. The van der Waals surface area contributed by atoms with Gasteiger partial charge in [0.05, 0.1) is 17.6 Å². The predicted molar refractivity (Wildman–Crippen MR) is 108 cm³/mol. The third kappa shape index (κ3) is 1.96. The molecule has 0 aromatic carbocycles. The van der Waals surface area contributed by atoms with E-state index in [0.717, 1.165) is 32.2 Å². The van der Waals surface area contributed by atoms with Gasteiger partial charge in [0.1, 0.15) is 12.6 Å². The normalized spacial score (nSPS) is 57.4. The lowest BCUT2D eigenvalue weighted by atomic mass is 9.43. The third-order valence-corrected chi connectivity index (χ3v) is 10.8. The second kappa shape index (κ2) is 6.05. The van der Waals surface area contributed by atoms with Gasteiger partial charge in [-0.1, -0.05) is 13.8 Å². The molecule has 6 aliphatic rings. The zero-order valence-corrected chi connectivity index (χ0v) is 18.5. The van der Waals surface area contributed by atoms with Crippen molar-refractivity contribution in [3.05, 3.63) is 0 Å². The number of methoxy groups -OCH3 is 2. The fraction of sp³-hybridized carbons (Fsp3) is 0.958. The largest absolute Gasteiger partial charge is 0.377 e. The first-order valence-corrected chi connectivity index (χ1v) is 11.9. The van der Waals surface area contributed by atoms with Crippen LogP contribution in [0.3, 0.4) is 0 Å². The van der Waals surface area contributed by atoms with Crippen molar-refractivity contribution in [1.82, 2.24) is 4.90 Å². The van der Waals surface area contributed by atoms with Crippen molar-refractivity contribution in [2.24, 2.45) is 40.4 Å². The minimum atomic E-state index is -0.244. The number of ketones is 1. The van der Waals surface area contributed by atoms with Crippen LogP contribution in [0.2, 0.25) is 0 Å². The summed E-state index contributed by atoms with van der Waals surface area (Å²) in [7, 11) is 3.62. The number of Topliss-reactive ketones (excluding diaryl/α,β-unsaturated/α-hetero) is 1. The molecule has 1 heterocycles. The molecule has 10 atom stereocenters. The highest BCUT2D eigenvalue weighted by Gasteiger charge is 2.82. The fourth-order valence-electron chi connectivity index (χ4n) is 10.2. The van der Waals surface area contributed by atoms with Crippen molar-refractivity contribution in [3.63, 3.8) is 0 Å². The molecular weight excluding hydrogens is 366 g/mol. The summed E-state index contributed by atoms with van der Waals surface area (Å²) in [5.74, 6) is 2.37. The maximum Gasteiger partial charge on any atom is 0.146 e. The molecule has 5 nitrogen and oxygen atoms in total. The zero-order valence-electron chi connectivity index (χ0n) is 18.5. The van der Waals surface area contributed by atoms with Crippen LogP contribution in [-0.2, 0) is 19.0 Å². The van der Waals surface area contributed by atoms with Gasteiger partial charge >= 0.3 is 0 Å². The topological polar surface area (TPSA) is 48.0 Å². The Labute approximate surface area is 174 Å². The van der Waals surface area contributed by atoms with Crippen LogP contribution >= 0.6 is 0 Å². The van der Waals surface area contributed by atoms with Gasteiger partial charge in [0.25, 0.3) is 0 Å². The molecule has 6 fully saturated rings. The highest BCUT2D eigenvalue weighted by atomic mass is 16.7. The highest BCUT2D eigenvalue weighted by molar-refractivity contribution is 5.89. The summed E-state index contributed by atoms with van der Waals surface area (Å²) in [6, 6.07) is 0.485. The first kappa shape index (κ1) is 19.2. The second-order valence-corrected chi connectivity index (χ2v) is 11.3. The van der Waals surface area contributed by atoms with Gasteiger partial charge in [0, 0.05) is 44.1 Å². The maximum atomic E-state index is 13.6. The standard InChI is InChI=1S/C24H37NO4/c1-5-25-12-22(2)8-7-18(29-13-27-3)24-15-10-14-6-9-23(28-4,19(15)20(14)26)16(21(24)25)11-17(22)24/h14-19,21H,5-13H2,1-4H3/t14-,15?,16?,17+,18-,19?,21+,22-,23-,24?/m0/s1. The average Bonchev–Trinajstić information content (AvgIpc) is 3.11. The first-order chi connectivity index (χ1) is 14.0. The van der Waals surface area contributed by atoms with Crippen molar-refractivity contribution < 1.29 is 19.0 Å². The van der Waals surface area contributed by atoms with E-state index in [0.29, 0.717) is 41.8 Å². The van der Waals surface area contributed by atoms with Gasteiger partial charge in [-0.2, -0.15) is 0 Å². The molecule has 4 unspecified atom stereocenters. The molecule has 0 aromatic rings. The number of hydrogen-bond acceptors (Lipinski definition) is 5. The van der Waals surface area contributed by atoms with E-state index in [-0.39, 0.29) is 29.0 Å². The lowest BCUT2D eigenvalue weighted by Crippen LogP contribution is -2.75. The molecule has 1 aliphatic heterocycles. The SMILES string of the molecule is CCN1C[C@]2(C)CC[C@H](OCOC)C34C5C[C@@H]6CC[C@@](OC)(C5C6=O)C(C[C@@H]32)[C@@H]14. The van der Waals surface area contributed by atoms with E-state index < -0.39 is 0 Å². The fourth-order valence-corrected chi connectivity index (χ4v) is 10.2. The molecule has 6 rings (SSSR count). The van der Waals surface area contributed by atoms with E-state index in [2.05, 4.69) is 18.7 Å². The minimum Gasteiger partial charge on any atom is -0.377 e. The lowest BCUT2D eigenvalue weighted by Gasteiger charge is -2.69. The highest BCUT2D eigenvalue weighted by Crippen LogP contribution is 2.78. The van der Waals surface area contributed by atoms with Crippen LogP contribution in [0.4, 0.5) is 0 Å². The van der Waals surface area contributed by atoms with Gasteiger partial charge in [-0.15, -0.1) is 0 Å². The molecule has 29 heavy (non-hydrogen) atoms. The van der Waals surface area contributed by atoms with Crippen LogP contribution in [0.5, 0.6) is 0 Å². The van der Waals surface area contributed by atoms with Crippen LogP contribution in [0, 0.1) is 40.4 Å². The van der Waals surface area contributed by atoms with E-state index in [9.17, 15) is 4.79 Å². The van der Waals surface area contributed by atoms with Crippen molar-refractivity contribution in [3.8, 4) is 0 Å². The summed E-state index contributed by atoms with van der Waals surface area (Å²) in [6.07, 6.45) is 6.91. The summed E-state index contributed by atoms with van der Waals surface area (Å²) in [5.41, 5.74) is 0.168. The van der Waals surface area contributed by atoms with Gasteiger partial charge in [-0.25, -0.2) is 0 Å². The van der Waals surface area contributed by atoms with Crippen LogP contribution in [0.1, 0.15) is 52.4 Å². The molecule has 0 aromatic heterocycles. The average molecular weight is 404 g/mol. The van der Waals surface area contributed by atoms with Crippen molar-refractivity contribution >= 4 is 5.78 Å². The second-order valence-electron chi connectivity index (χ2n) is 11.3. The summed E-state index contributed by atoms with van der Waals surface area (Å²) >= 11 is 0. The first-order valence-electron chi connectivity index (χ1n) is 11.9. The quantitative estimate of drug-likeness (QED) is 0.660. The number of piperidine rings is 1. The Hall–Kier alpha value is -0.490. The molecule has 0 N–H and O–H groups in total. The monoisotopic (exact) mass is 403 g/mol. The van der Waals surface area contributed by atoms with Gasteiger partial charge in [0.2, 0.25) is 0 Å². The van der Waals surface area contributed by atoms with Gasteiger partial charge in [0.15, 0.2) is 0 Å². The number of carbonyl (C=O) groups excluding carboxylic acids is 1. The van der Waals surface area contributed by atoms with Crippen molar-refractivity contribution in [2.45, 2.75) is 70.1 Å². The Morgan fingerprint density at radius 2 is 1.97 bits per heavy atom. The van der Waals surface area contributed by atoms with E-state index in [1.807, 2.05) is 7.11 Å². The molecular formula is C24H37NO4. The van der Waals surface area contributed by atoms with Crippen LogP contribution in [0.25, 0.3) is 0 Å². The number of nitrogens with zero attached hydrogens (tertiary/aromatic N) is 1. The van der Waals surface area contributed by atoms with E-state index >= 15 is 0 Å². The summed E-state index contributed by atoms with van der Waals surface area (Å²) in [5, 5.41) is 0. The number of fused-ring (bicyclic) bond motifs is 2. The summed E-state index contributed by atoms with van der Waals surface area (Å²) < 4.78 is 18.4. The molecule has 5 aliphatic carbocycles. The van der Waals surface area contributed by atoms with Crippen molar-refractivity contribution in [1.29, 1.82) is 0 Å². The Balaban J connectivity index is 1.58.